The van der Waals surface area contributed by atoms with Crippen LogP contribution in [0.15, 0.2) is 41.3 Å². The number of carboxylic acids is 1. The minimum atomic E-state index is -1.37. The Balaban J connectivity index is 1.08. The van der Waals surface area contributed by atoms with E-state index in [-0.39, 0.29) is 74.2 Å². The highest BCUT2D eigenvalue weighted by Crippen LogP contribution is 2.39. The number of aromatic carboxylic acids is 1. The van der Waals surface area contributed by atoms with Gasteiger partial charge in [0, 0.05) is 36.8 Å². The van der Waals surface area contributed by atoms with Gasteiger partial charge in [-0.25, -0.2) is 18.4 Å². The molecule has 2 atom stereocenters. The van der Waals surface area contributed by atoms with Crippen LogP contribution in [0, 0.1) is 11.6 Å². The summed E-state index contributed by atoms with van der Waals surface area (Å²) < 4.78 is 47.9. The highest BCUT2D eigenvalue weighted by Gasteiger charge is 2.36. The molecule has 250 valence electrons. The number of anilines is 2. The Kier molecular flexibility index (Phi) is 8.53. The predicted molar refractivity (Wildman–Crippen MR) is 164 cm³/mol. The molecule has 47 heavy (non-hydrogen) atoms. The standard InChI is InChI=1S/C32H34F2N4O9/c1-17(35)30(42)45-15-20-13-38(31(43)47-20)19-4-5-27(24(34)10-19)46-16-32(44)6-8-36(9-7-32)26-12-25-21(11-23(26)33)28(39)22(29(40)41)14-37(25)18-2-3-18/h4-5,10-12,14,17-18,20,44H,2-3,6-9,13,15-16,35H2,1H3,(H,40,41). The van der Waals surface area contributed by atoms with Crippen LogP contribution < -0.4 is 25.7 Å². The van der Waals surface area contributed by atoms with Gasteiger partial charge in [-0.15, -0.1) is 0 Å². The molecular formula is C32H34F2N4O9. The molecule has 13 nitrogen and oxygen atoms in total. The summed E-state index contributed by atoms with van der Waals surface area (Å²) in [5, 5.41) is 20.7. The van der Waals surface area contributed by atoms with Crippen LogP contribution >= 0.6 is 0 Å². The number of benzene rings is 2. The number of rotatable bonds is 10. The van der Waals surface area contributed by atoms with E-state index in [1.165, 1.54) is 30.2 Å². The molecule has 1 saturated carbocycles. The van der Waals surface area contributed by atoms with Gasteiger partial charge >= 0.3 is 18.0 Å². The number of nitrogens with two attached hydrogens (primary N) is 1. The van der Waals surface area contributed by atoms with E-state index in [1.54, 1.807) is 15.5 Å². The molecule has 2 aromatic carbocycles. The van der Waals surface area contributed by atoms with Gasteiger partial charge in [-0.3, -0.25) is 14.5 Å². The van der Waals surface area contributed by atoms with Crippen LogP contribution in [-0.2, 0) is 14.3 Å². The van der Waals surface area contributed by atoms with Gasteiger partial charge in [0.1, 0.15) is 36.2 Å². The lowest BCUT2D eigenvalue weighted by atomic mass is 9.92. The smallest absolute Gasteiger partial charge is 0.414 e. The lowest BCUT2D eigenvalue weighted by molar-refractivity contribution is -0.147. The molecule has 1 aliphatic carbocycles. The fourth-order valence-electron chi connectivity index (χ4n) is 5.83. The van der Waals surface area contributed by atoms with Crippen molar-refractivity contribution >= 4 is 40.3 Å². The summed E-state index contributed by atoms with van der Waals surface area (Å²) in [6.07, 6.45) is 1.83. The molecule has 2 unspecified atom stereocenters. The first-order chi connectivity index (χ1) is 22.3. The minimum absolute atomic E-state index is 0.00266. The average Bonchev–Trinajstić information content (AvgIpc) is 3.81. The molecule has 0 radical (unpaired) electrons. The van der Waals surface area contributed by atoms with Crippen molar-refractivity contribution in [3.63, 3.8) is 0 Å². The molecule has 0 spiro atoms. The number of cyclic esters (lactones) is 1. The lowest BCUT2D eigenvalue weighted by Gasteiger charge is -2.39. The topological polar surface area (TPSA) is 174 Å². The van der Waals surface area contributed by atoms with Gasteiger partial charge in [0.25, 0.3) is 0 Å². The van der Waals surface area contributed by atoms with Gasteiger partial charge in [-0.1, -0.05) is 0 Å². The third-order valence-corrected chi connectivity index (χ3v) is 8.69. The number of aliphatic hydroxyl groups is 1. The van der Waals surface area contributed by atoms with Gasteiger partial charge in [0.15, 0.2) is 17.7 Å². The van der Waals surface area contributed by atoms with Crippen molar-refractivity contribution in [2.45, 2.75) is 56.4 Å². The number of aromatic nitrogens is 1. The van der Waals surface area contributed by atoms with E-state index in [4.69, 9.17) is 19.9 Å². The Hall–Kier alpha value is -4.76. The van der Waals surface area contributed by atoms with E-state index < -0.39 is 58.4 Å². The fourth-order valence-corrected chi connectivity index (χ4v) is 5.83. The SMILES string of the molecule is CC(N)C(=O)OCC1CN(c2ccc(OCC3(O)CCN(c4cc5c(cc4F)c(=O)c(C(=O)O)cn5C4CC4)CC3)c(F)c2)C(=O)O1. The molecule has 2 saturated heterocycles. The molecule has 3 fully saturated rings. The van der Waals surface area contributed by atoms with Gasteiger partial charge in [0.05, 0.1) is 23.4 Å². The number of hydrogen-bond acceptors (Lipinski definition) is 10. The average molecular weight is 657 g/mol. The minimum Gasteiger partial charge on any atom is -0.488 e. The Morgan fingerprint density at radius 2 is 1.85 bits per heavy atom. The first kappa shape index (κ1) is 32.2. The number of carboxylic acid groups (broad SMARTS) is 1. The van der Waals surface area contributed by atoms with Gasteiger partial charge in [-0.05, 0) is 56.9 Å². The number of halogens is 2. The molecule has 4 N–H and O–H groups in total. The lowest BCUT2D eigenvalue weighted by Crippen LogP contribution is -2.48. The number of carbonyl (C=O) groups is 3. The maximum Gasteiger partial charge on any atom is 0.414 e. The number of piperidine rings is 1. The number of hydrogen-bond donors (Lipinski definition) is 3. The summed E-state index contributed by atoms with van der Waals surface area (Å²) in [5.74, 6) is -3.60. The Labute approximate surface area is 267 Å². The van der Waals surface area contributed by atoms with E-state index in [9.17, 15) is 29.4 Å². The highest BCUT2D eigenvalue weighted by atomic mass is 19.1. The Bertz CT molecular complexity index is 1800. The monoisotopic (exact) mass is 656 g/mol. The molecule has 15 heteroatoms. The van der Waals surface area contributed by atoms with Crippen molar-refractivity contribution in [1.82, 2.24) is 4.57 Å². The van der Waals surface area contributed by atoms with Crippen molar-refractivity contribution in [2.24, 2.45) is 5.73 Å². The molecule has 3 aliphatic rings. The largest absolute Gasteiger partial charge is 0.488 e. The van der Waals surface area contributed by atoms with Crippen molar-refractivity contribution in [3.8, 4) is 5.75 Å². The summed E-state index contributed by atoms with van der Waals surface area (Å²) in [6, 6.07) is 5.74. The van der Waals surface area contributed by atoms with E-state index in [0.717, 1.165) is 25.0 Å². The van der Waals surface area contributed by atoms with E-state index in [2.05, 4.69) is 0 Å². The maximum atomic E-state index is 15.3. The molecule has 1 aromatic heterocycles. The summed E-state index contributed by atoms with van der Waals surface area (Å²) in [7, 11) is 0. The molecule has 0 bridgehead atoms. The number of carbonyl (C=O) groups excluding carboxylic acids is 2. The summed E-state index contributed by atoms with van der Waals surface area (Å²) >= 11 is 0. The van der Waals surface area contributed by atoms with Crippen LogP contribution in [0.5, 0.6) is 5.75 Å². The van der Waals surface area contributed by atoms with Gasteiger partial charge < -0.3 is 39.6 Å². The van der Waals surface area contributed by atoms with Crippen molar-refractivity contribution in [2.75, 3.05) is 42.6 Å². The van der Waals surface area contributed by atoms with Crippen LogP contribution in [0.4, 0.5) is 25.0 Å². The zero-order valence-electron chi connectivity index (χ0n) is 25.5. The van der Waals surface area contributed by atoms with E-state index in [1.807, 2.05) is 0 Å². The van der Waals surface area contributed by atoms with Crippen LogP contribution in [0.1, 0.15) is 49.0 Å². The van der Waals surface area contributed by atoms with Gasteiger partial charge in [-0.2, -0.15) is 0 Å². The predicted octanol–water partition coefficient (Wildman–Crippen LogP) is 2.94. The highest BCUT2D eigenvalue weighted by molar-refractivity contribution is 5.94. The first-order valence-electron chi connectivity index (χ1n) is 15.3. The summed E-state index contributed by atoms with van der Waals surface area (Å²) in [6.45, 7) is 1.54. The first-order valence-corrected chi connectivity index (χ1v) is 15.3. The number of nitrogens with zero attached hydrogens (tertiary/aromatic N) is 3. The van der Waals surface area contributed by atoms with Crippen molar-refractivity contribution in [1.29, 1.82) is 0 Å². The second-order valence-corrected chi connectivity index (χ2v) is 12.3. The third kappa shape index (κ3) is 6.58. The molecular weight excluding hydrogens is 622 g/mol. The number of ether oxygens (including phenoxy) is 3. The molecule has 1 amide bonds. The molecule has 2 aliphatic heterocycles. The Morgan fingerprint density at radius 3 is 2.49 bits per heavy atom. The molecule has 3 heterocycles. The molecule has 6 rings (SSSR count). The number of pyridine rings is 1. The van der Waals surface area contributed by atoms with Crippen LogP contribution in [-0.4, -0.2) is 83.4 Å². The summed E-state index contributed by atoms with van der Waals surface area (Å²) in [4.78, 5) is 51.3. The van der Waals surface area contributed by atoms with Gasteiger partial charge in [0.2, 0.25) is 5.43 Å². The zero-order valence-corrected chi connectivity index (χ0v) is 25.5. The van der Waals surface area contributed by atoms with Crippen molar-refractivity contribution in [3.05, 3.63) is 63.9 Å². The summed E-state index contributed by atoms with van der Waals surface area (Å²) in [5.41, 5.74) is 3.85. The number of amides is 1. The van der Waals surface area contributed by atoms with Crippen LogP contribution in [0.2, 0.25) is 0 Å². The third-order valence-electron chi connectivity index (χ3n) is 8.69. The second kappa shape index (κ2) is 12.4. The van der Waals surface area contributed by atoms with Crippen molar-refractivity contribution < 1.29 is 47.6 Å². The van der Waals surface area contributed by atoms with Crippen LogP contribution in [0.3, 0.4) is 0 Å². The van der Waals surface area contributed by atoms with E-state index in [0.29, 0.717) is 5.52 Å². The normalized spacial score (nSPS) is 19.9. The zero-order chi connectivity index (χ0) is 33.6. The second-order valence-electron chi connectivity index (χ2n) is 12.3. The number of esters is 1. The number of fused-ring (bicyclic) bond motifs is 1. The molecule has 3 aromatic rings. The van der Waals surface area contributed by atoms with Crippen LogP contribution in [0.25, 0.3) is 10.9 Å². The quantitative estimate of drug-likeness (QED) is 0.274. The van der Waals surface area contributed by atoms with E-state index >= 15 is 8.78 Å². The Morgan fingerprint density at radius 1 is 1.13 bits per heavy atom. The fraction of sp³-hybridized carbons (Fsp3) is 0.438. The maximum absolute atomic E-state index is 15.3.